The average Bonchev–Trinajstić information content (AvgIpc) is 2.74. The van der Waals surface area contributed by atoms with E-state index in [0.29, 0.717) is 12.0 Å². The van der Waals surface area contributed by atoms with E-state index < -0.39 is 0 Å². The Bertz CT molecular complexity index is 280. The van der Waals surface area contributed by atoms with Gasteiger partial charge in [-0.25, -0.2) is 0 Å². The normalized spacial score (nSPS) is 29.0. The van der Waals surface area contributed by atoms with Gasteiger partial charge in [0, 0.05) is 32.6 Å². The zero-order valence-corrected chi connectivity index (χ0v) is 8.95. The van der Waals surface area contributed by atoms with E-state index in [9.17, 15) is 9.59 Å². The predicted octanol–water partition coefficient (Wildman–Crippen LogP) is -1.06. The maximum atomic E-state index is 11.8. The summed E-state index contributed by atoms with van der Waals surface area (Å²) >= 11 is 0. The summed E-state index contributed by atoms with van der Waals surface area (Å²) in [5.41, 5.74) is 0. The first kappa shape index (κ1) is 10.4. The third kappa shape index (κ3) is 2.12. The lowest BCUT2D eigenvalue weighted by Crippen LogP contribution is -2.44. The Morgan fingerprint density at radius 1 is 1.47 bits per heavy atom. The molecular formula is C10H17N3O2. The number of amides is 2. The van der Waals surface area contributed by atoms with Crippen molar-refractivity contribution in [1.82, 2.24) is 15.5 Å². The summed E-state index contributed by atoms with van der Waals surface area (Å²) in [6.07, 6.45) is 1.09. The number of carbonyl (C=O) groups is 2. The van der Waals surface area contributed by atoms with Crippen LogP contribution in [0.4, 0.5) is 0 Å². The highest BCUT2D eigenvalue weighted by molar-refractivity contribution is 5.84. The van der Waals surface area contributed by atoms with E-state index in [1.807, 2.05) is 4.90 Å². The number of fused-ring (bicyclic) bond motifs is 1. The van der Waals surface area contributed by atoms with Gasteiger partial charge in [0.25, 0.3) is 0 Å². The Balaban J connectivity index is 1.87. The number of likely N-dealkylation sites (tertiary alicyclic amines) is 1. The summed E-state index contributed by atoms with van der Waals surface area (Å²) < 4.78 is 0. The molecule has 0 aromatic carbocycles. The Morgan fingerprint density at radius 2 is 2.27 bits per heavy atom. The van der Waals surface area contributed by atoms with Gasteiger partial charge in [-0.1, -0.05) is 0 Å². The second-order valence-electron chi connectivity index (χ2n) is 4.27. The molecule has 2 aliphatic rings. The Kier molecular flexibility index (Phi) is 2.90. The van der Waals surface area contributed by atoms with E-state index in [0.717, 1.165) is 26.1 Å². The van der Waals surface area contributed by atoms with Crippen LogP contribution in [0.1, 0.15) is 13.3 Å². The first-order valence-corrected chi connectivity index (χ1v) is 5.43. The molecule has 2 aliphatic heterocycles. The van der Waals surface area contributed by atoms with Gasteiger partial charge in [0.05, 0.1) is 6.54 Å². The topological polar surface area (TPSA) is 61.4 Å². The molecule has 0 saturated carbocycles. The molecule has 0 aromatic heterocycles. The first-order valence-electron chi connectivity index (χ1n) is 5.43. The SMILES string of the molecule is CC(=O)NCC(=O)N1CCC2CNCC21. The van der Waals surface area contributed by atoms with Crippen molar-refractivity contribution in [3.05, 3.63) is 0 Å². The van der Waals surface area contributed by atoms with Crippen LogP contribution >= 0.6 is 0 Å². The minimum absolute atomic E-state index is 0.0430. The lowest BCUT2D eigenvalue weighted by molar-refractivity contribution is -0.133. The second kappa shape index (κ2) is 4.18. The summed E-state index contributed by atoms with van der Waals surface area (Å²) in [6, 6.07) is 0.353. The van der Waals surface area contributed by atoms with Gasteiger partial charge in [-0.15, -0.1) is 0 Å². The van der Waals surface area contributed by atoms with Crippen molar-refractivity contribution in [3.8, 4) is 0 Å². The number of nitrogens with one attached hydrogen (secondary N) is 2. The van der Waals surface area contributed by atoms with Gasteiger partial charge in [-0.2, -0.15) is 0 Å². The fourth-order valence-corrected chi connectivity index (χ4v) is 2.46. The van der Waals surface area contributed by atoms with Crippen LogP contribution in [-0.2, 0) is 9.59 Å². The Hall–Kier alpha value is -1.10. The van der Waals surface area contributed by atoms with E-state index in [1.54, 1.807) is 0 Å². The van der Waals surface area contributed by atoms with Crippen LogP contribution in [0.15, 0.2) is 0 Å². The molecule has 2 fully saturated rings. The van der Waals surface area contributed by atoms with Crippen LogP contribution in [0.2, 0.25) is 0 Å². The van der Waals surface area contributed by atoms with Crippen LogP contribution in [0, 0.1) is 5.92 Å². The smallest absolute Gasteiger partial charge is 0.242 e. The molecule has 0 aromatic rings. The van der Waals surface area contributed by atoms with Crippen molar-refractivity contribution in [1.29, 1.82) is 0 Å². The molecule has 0 spiro atoms. The predicted molar refractivity (Wildman–Crippen MR) is 55.2 cm³/mol. The number of hydrogen-bond acceptors (Lipinski definition) is 3. The molecule has 2 unspecified atom stereocenters. The van der Waals surface area contributed by atoms with Gasteiger partial charge in [0.1, 0.15) is 0 Å². The van der Waals surface area contributed by atoms with Gasteiger partial charge < -0.3 is 15.5 Å². The van der Waals surface area contributed by atoms with Crippen molar-refractivity contribution in [3.63, 3.8) is 0 Å². The lowest BCUT2D eigenvalue weighted by Gasteiger charge is -2.23. The van der Waals surface area contributed by atoms with E-state index in [4.69, 9.17) is 0 Å². The molecule has 2 N–H and O–H groups in total. The average molecular weight is 211 g/mol. The zero-order valence-electron chi connectivity index (χ0n) is 8.95. The number of hydrogen-bond donors (Lipinski definition) is 2. The molecular weight excluding hydrogens is 194 g/mol. The van der Waals surface area contributed by atoms with Crippen molar-refractivity contribution >= 4 is 11.8 Å². The van der Waals surface area contributed by atoms with Crippen LogP contribution in [0.5, 0.6) is 0 Å². The monoisotopic (exact) mass is 211 g/mol. The van der Waals surface area contributed by atoms with Gasteiger partial charge in [0.15, 0.2) is 0 Å². The van der Waals surface area contributed by atoms with E-state index >= 15 is 0 Å². The molecule has 2 amide bonds. The minimum Gasteiger partial charge on any atom is -0.347 e. The van der Waals surface area contributed by atoms with Crippen LogP contribution in [-0.4, -0.2) is 48.9 Å². The summed E-state index contributed by atoms with van der Waals surface area (Å²) in [4.78, 5) is 24.4. The van der Waals surface area contributed by atoms with E-state index in [-0.39, 0.29) is 18.4 Å². The third-order valence-corrected chi connectivity index (χ3v) is 3.25. The molecule has 15 heavy (non-hydrogen) atoms. The van der Waals surface area contributed by atoms with Crippen LogP contribution < -0.4 is 10.6 Å². The van der Waals surface area contributed by atoms with Crippen molar-refractivity contribution in [2.75, 3.05) is 26.2 Å². The van der Waals surface area contributed by atoms with Gasteiger partial charge in [-0.05, 0) is 12.3 Å². The molecule has 5 heteroatoms. The van der Waals surface area contributed by atoms with E-state index in [1.165, 1.54) is 6.92 Å². The van der Waals surface area contributed by atoms with Gasteiger partial charge in [0.2, 0.25) is 11.8 Å². The molecule has 2 rings (SSSR count). The highest BCUT2D eigenvalue weighted by Crippen LogP contribution is 2.26. The van der Waals surface area contributed by atoms with E-state index in [2.05, 4.69) is 10.6 Å². The highest BCUT2D eigenvalue weighted by Gasteiger charge is 2.39. The summed E-state index contributed by atoms with van der Waals surface area (Å²) in [5.74, 6) is 0.510. The number of carbonyl (C=O) groups excluding carboxylic acids is 2. The molecule has 2 saturated heterocycles. The minimum atomic E-state index is -0.149. The second-order valence-corrected chi connectivity index (χ2v) is 4.27. The fourth-order valence-electron chi connectivity index (χ4n) is 2.46. The number of rotatable bonds is 2. The molecule has 84 valence electrons. The Labute approximate surface area is 89.2 Å². The lowest BCUT2D eigenvalue weighted by atomic mass is 10.1. The summed E-state index contributed by atoms with van der Waals surface area (Å²) in [6.45, 7) is 4.33. The van der Waals surface area contributed by atoms with Crippen LogP contribution in [0.3, 0.4) is 0 Å². The van der Waals surface area contributed by atoms with Gasteiger partial charge in [-0.3, -0.25) is 9.59 Å². The fraction of sp³-hybridized carbons (Fsp3) is 0.800. The molecule has 2 atom stereocenters. The molecule has 0 radical (unpaired) electrons. The third-order valence-electron chi connectivity index (χ3n) is 3.25. The van der Waals surface area contributed by atoms with Crippen molar-refractivity contribution in [2.24, 2.45) is 5.92 Å². The van der Waals surface area contributed by atoms with Gasteiger partial charge >= 0.3 is 0 Å². The van der Waals surface area contributed by atoms with Crippen LogP contribution in [0.25, 0.3) is 0 Å². The van der Waals surface area contributed by atoms with Crippen molar-refractivity contribution < 1.29 is 9.59 Å². The maximum Gasteiger partial charge on any atom is 0.242 e. The largest absolute Gasteiger partial charge is 0.347 e. The summed E-state index contributed by atoms with van der Waals surface area (Å²) in [5, 5.41) is 5.84. The zero-order chi connectivity index (χ0) is 10.8. The summed E-state index contributed by atoms with van der Waals surface area (Å²) in [7, 11) is 0. The standard InChI is InChI=1S/C10H17N3O2/c1-7(14)12-6-10(15)13-3-2-8-4-11-5-9(8)13/h8-9,11H,2-6H2,1H3,(H,12,14). The highest BCUT2D eigenvalue weighted by atomic mass is 16.2. The molecule has 2 heterocycles. The van der Waals surface area contributed by atoms with Crippen molar-refractivity contribution in [2.45, 2.75) is 19.4 Å². The Morgan fingerprint density at radius 3 is 3.00 bits per heavy atom. The number of nitrogens with zero attached hydrogens (tertiary/aromatic N) is 1. The molecule has 5 nitrogen and oxygen atoms in total. The quantitative estimate of drug-likeness (QED) is 0.612. The molecule has 0 bridgehead atoms. The molecule has 0 aliphatic carbocycles. The maximum absolute atomic E-state index is 11.8. The first-order chi connectivity index (χ1) is 7.18.